The molecule has 1 aliphatic rings. The molecule has 3 rings (SSSR count). The van der Waals surface area contributed by atoms with Gasteiger partial charge in [-0.25, -0.2) is 4.98 Å². The summed E-state index contributed by atoms with van der Waals surface area (Å²) in [5.41, 5.74) is 3.34. The van der Waals surface area contributed by atoms with E-state index in [0.717, 1.165) is 19.3 Å². The zero-order valence-corrected chi connectivity index (χ0v) is 12.1. The second kappa shape index (κ2) is 5.95. The summed E-state index contributed by atoms with van der Waals surface area (Å²) in [4.78, 5) is 16.6. The van der Waals surface area contributed by atoms with E-state index in [2.05, 4.69) is 39.9 Å². The van der Waals surface area contributed by atoms with E-state index in [-0.39, 0.29) is 11.9 Å². The van der Waals surface area contributed by atoms with Crippen molar-refractivity contribution in [2.24, 2.45) is 0 Å². The summed E-state index contributed by atoms with van der Waals surface area (Å²) in [6.45, 7) is 0. The Hall–Kier alpha value is -2.36. The van der Waals surface area contributed by atoms with Crippen molar-refractivity contribution in [3.8, 4) is 0 Å². The summed E-state index contributed by atoms with van der Waals surface area (Å²) in [6, 6.07) is 12.2. The first-order chi connectivity index (χ1) is 10.3. The Labute approximate surface area is 124 Å². The number of nitrogens with zero attached hydrogens (tertiary/aromatic N) is 1. The predicted molar refractivity (Wildman–Crippen MR) is 83.5 cm³/mol. The largest absolute Gasteiger partial charge is 0.372 e. The first kappa shape index (κ1) is 13.6. The predicted octanol–water partition coefficient (Wildman–Crippen LogP) is 2.41. The Bertz CT molecular complexity index is 654. The van der Waals surface area contributed by atoms with Gasteiger partial charge in [-0.3, -0.25) is 4.79 Å². The molecule has 0 saturated carbocycles. The van der Waals surface area contributed by atoms with Crippen LogP contribution in [0.25, 0.3) is 0 Å². The summed E-state index contributed by atoms with van der Waals surface area (Å²) in [5.74, 6) is 0.558. The van der Waals surface area contributed by atoms with Crippen LogP contribution in [0.15, 0.2) is 42.6 Å². The first-order valence-electron chi connectivity index (χ1n) is 7.28. The Kier molecular flexibility index (Phi) is 3.86. The molecule has 0 radical (unpaired) electrons. The summed E-state index contributed by atoms with van der Waals surface area (Å²) in [5, 5.41) is 6.09. The van der Waals surface area contributed by atoms with E-state index < -0.39 is 0 Å². The molecule has 2 N–H and O–H groups in total. The number of hydrogen-bond donors (Lipinski definition) is 2. The van der Waals surface area contributed by atoms with Crippen molar-refractivity contribution in [3.63, 3.8) is 0 Å². The number of amides is 1. The second-order valence-corrected chi connectivity index (χ2v) is 5.33. The molecule has 1 heterocycles. The van der Waals surface area contributed by atoms with Crippen LogP contribution < -0.4 is 10.6 Å². The number of carbonyl (C=O) groups is 1. The molecule has 0 aliphatic heterocycles. The van der Waals surface area contributed by atoms with E-state index in [1.165, 1.54) is 11.1 Å². The van der Waals surface area contributed by atoms with Crippen LogP contribution >= 0.6 is 0 Å². The van der Waals surface area contributed by atoms with E-state index in [0.29, 0.717) is 11.4 Å². The Balaban J connectivity index is 1.72. The van der Waals surface area contributed by atoms with Crippen LogP contribution in [0.1, 0.15) is 27.9 Å². The number of rotatable bonds is 3. The van der Waals surface area contributed by atoms with Crippen molar-refractivity contribution in [1.29, 1.82) is 0 Å². The summed E-state index contributed by atoms with van der Waals surface area (Å²) in [6.07, 6.45) is 4.58. The molecule has 108 valence electrons. The lowest BCUT2D eigenvalue weighted by Gasteiger charge is -2.25. The SMILES string of the molecule is CNc1ncccc1C(=O)NC1CCc2ccccc2C1. The topological polar surface area (TPSA) is 54.0 Å². The van der Waals surface area contributed by atoms with Crippen LogP contribution in [-0.2, 0) is 12.8 Å². The van der Waals surface area contributed by atoms with Crippen LogP contribution in [-0.4, -0.2) is 24.0 Å². The van der Waals surface area contributed by atoms with Gasteiger partial charge in [0.2, 0.25) is 0 Å². The van der Waals surface area contributed by atoms with Gasteiger partial charge >= 0.3 is 0 Å². The Morgan fingerprint density at radius 1 is 1.19 bits per heavy atom. The van der Waals surface area contributed by atoms with Crippen molar-refractivity contribution >= 4 is 11.7 Å². The molecule has 1 atom stereocenters. The minimum atomic E-state index is -0.0585. The molecule has 21 heavy (non-hydrogen) atoms. The van der Waals surface area contributed by atoms with Crippen LogP contribution in [0.3, 0.4) is 0 Å². The summed E-state index contributed by atoms with van der Waals surface area (Å²) in [7, 11) is 1.77. The van der Waals surface area contributed by atoms with Gasteiger partial charge in [-0.1, -0.05) is 24.3 Å². The maximum atomic E-state index is 12.4. The maximum Gasteiger partial charge on any atom is 0.255 e. The van der Waals surface area contributed by atoms with Crippen molar-refractivity contribution in [2.45, 2.75) is 25.3 Å². The lowest BCUT2D eigenvalue weighted by Crippen LogP contribution is -2.39. The normalized spacial score (nSPS) is 16.9. The Morgan fingerprint density at radius 3 is 2.81 bits per heavy atom. The highest BCUT2D eigenvalue weighted by molar-refractivity contribution is 5.98. The van der Waals surface area contributed by atoms with E-state index >= 15 is 0 Å². The van der Waals surface area contributed by atoms with Gasteiger partial charge in [-0.2, -0.15) is 0 Å². The molecule has 0 spiro atoms. The standard InChI is InChI=1S/C17H19N3O/c1-18-16-15(7-4-10-19-16)17(21)20-14-9-8-12-5-2-3-6-13(12)11-14/h2-7,10,14H,8-9,11H2,1H3,(H,18,19)(H,20,21). The number of carbonyl (C=O) groups excluding carboxylic acids is 1. The molecular weight excluding hydrogens is 262 g/mol. The average molecular weight is 281 g/mol. The van der Waals surface area contributed by atoms with Gasteiger partial charge in [0.15, 0.2) is 0 Å². The molecule has 1 aromatic carbocycles. The number of benzene rings is 1. The maximum absolute atomic E-state index is 12.4. The van der Waals surface area contributed by atoms with Crippen LogP contribution in [0.2, 0.25) is 0 Å². The minimum absolute atomic E-state index is 0.0585. The van der Waals surface area contributed by atoms with Crippen LogP contribution in [0.4, 0.5) is 5.82 Å². The van der Waals surface area contributed by atoms with E-state index in [1.54, 1.807) is 25.4 Å². The smallest absolute Gasteiger partial charge is 0.255 e. The molecule has 0 fully saturated rings. The van der Waals surface area contributed by atoms with Gasteiger partial charge in [-0.05, 0) is 42.5 Å². The van der Waals surface area contributed by atoms with Crippen LogP contribution in [0, 0.1) is 0 Å². The van der Waals surface area contributed by atoms with Gasteiger partial charge in [0.05, 0.1) is 5.56 Å². The van der Waals surface area contributed by atoms with Crippen molar-refractivity contribution < 1.29 is 4.79 Å². The lowest BCUT2D eigenvalue weighted by molar-refractivity contribution is 0.0934. The van der Waals surface area contributed by atoms with Gasteiger partial charge < -0.3 is 10.6 Å². The van der Waals surface area contributed by atoms with E-state index in [9.17, 15) is 4.79 Å². The highest BCUT2D eigenvalue weighted by Gasteiger charge is 2.21. The third-order valence-electron chi connectivity index (χ3n) is 3.97. The summed E-state index contributed by atoms with van der Waals surface area (Å²) < 4.78 is 0. The zero-order valence-electron chi connectivity index (χ0n) is 12.1. The van der Waals surface area contributed by atoms with Gasteiger partial charge in [-0.15, -0.1) is 0 Å². The molecule has 1 aromatic heterocycles. The molecule has 2 aromatic rings. The molecular formula is C17H19N3O. The number of fused-ring (bicyclic) bond motifs is 1. The molecule has 0 saturated heterocycles. The molecule has 1 unspecified atom stereocenters. The van der Waals surface area contributed by atoms with Crippen molar-refractivity contribution in [1.82, 2.24) is 10.3 Å². The highest BCUT2D eigenvalue weighted by Crippen LogP contribution is 2.21. The Morgan fingerprint density at radius 2 is 2.00 bits per heavy atom. The number of aromatic nitrogens is 1. The number of pyridine rings is 1. The number of aryl methyl sites for hydroxylation is 1. The second-order valence-electron chi connectivity index (χ2n) is 5.33. The third-order valence-corrected chi connectivity index (χ3v) is 3.97. The fourth-order valence-corrected chi connectivity index (χ4v) is 2.87. The fourth-order valence-electron chi connectivity index (χ4n) is 2.87. The first-order valence-corrected chi connectivity index (χ1v) is 7.28. The zero-order chi connectivity index (χ0) is 14.7. The minimum Gasteiger partial charge on any atom is -0.372 e. The van der Waals surface area contributed by atoms with E-state index in [4.69, 9.17) is 0 Å². The lowest BCUT2D eigenvalue weighted by atomic mass is 9.88. The summed E-state index contributed by atoms with van der Waals surface area (Å²) >= 11 is 0. The molecule has 4 heteroatoms. The van der Waals surface area contributed by atoms with E-state index in [1.807, 2.05) is 0 Å². The quantitative estimate of drug-likeness (QED) is 0.908. The van der Waals surface area contributed by atoms with Gasteiger partial charge in [0.1, 0.15) is 5.82 Å². The average Bonchev–Trinajstić information content (AvgIpc) is 2.54. The van der Waals surface area contributed by atoms with Crippen molar-refractivity contribution in [3.05, 3.63) is 59.3 Å². The monoisotopic (exact) mass is 281 g/mol. The van der Waals surface area contributed by atoms with Crippen LogP contribution in [0.5, 0.6) is 0 Å². The van der Waals surface area contributed by atoms with Gasteiger partial charge in [0.25, 0.3) is 5.91 Å². The molecule has 4 nitrogen and oxygen atoms in total. The number of anilines is 1. The number of nitrogens with one attached hydrogen (secondary N) is 2. The van der Waals surface area contributed by atoms with Crippen molar-refractivity contribution in [2.75, 3.05) is 12.4 Å². The molecule has 1 aliphatic carbocycles. The highest BCUT2D eigenvalue weighted by atomic mass is 16.1. The number of hydrogen-bond acceptors (Lipinski definition) is 3. The molecule has 1 amide bonds. The third kappa shape index (κ3) is 2.89. The van der Waals surface area contributed by atoms with Gasteiger partial charge in [0, 0.05) is 19.3 Å². The molecule has 0 bridgehead atoms. The fraction of sp³-hybridized carbons (Fsp3) is 0.294.